The number of rotatable bonds is 3. The van der Waals surface area contributed by atoms with Crippen LogP contribution in [0.2, 0.25) is 15.1 Å². The highest BCUT2D eigenvalue weighted by Crippen LogP contribution is 2.46. The molecule has 0 saturated carbocycles. The Hall–Kier alpha value is -2.84. The van der Waals surface area contributed by atoms with Crippen LogP contribution in [0.3, 0.4) is 0 Å². The minimum absolute atomic E-state index is 0.755. The Morgan fingerprint density at radius 3 is 1.49 bits per heavy atom. The summed E-state index contributed by atoms with van der Waals surface area (Å²) in [6.45, 7) is 0. The molecule has 184 valence electrons. The van der Waals surface area contributed by atoms with Gasteiger partial charge in [0.25, 0.3) is 0 Å². The average Bonchev–Trinajstić information content (AvgIpc) is 2.91. The average molecular weight is 543 g/mol. The second kappa shape index (κ2) is 10.5. The van der Waals surface area contributed by atoms with Gasteiger partial charge in [-0.3, -0.25) is 0 Å². The van der Waals surface area contributed by atoms with E-state index in [0.717, 1.165) is 81.7 Å². The third kappa shape index (κ3) is 4.77. The summed E-state index contributed by atoms with van der Waals surface area (Å²) < 4.78 is 0. The fraction of sp³-hybridized carbons (Fsp3) is 0.182. The second-order valence-corrected chi connectivity index (χ2v) is 10.9. The van der Waals surface area contributed by atoms with Crippen LogP contribution in [0.5, 0.6) is 0 Å². The Morgan fingerprint density at radius 1 is 0.541 bits per heavy atom. The van der Waals surface area contributed by atoms with Gasteiger partial charge in [0.2, 0.25) is 0 Å². The number of hydrogen-bond donors (Lipinski definition) is 0. The Kier molecular flexibility index (Phi) is 6.95. The minimum Gasteiger partial charge on any atom is -0.248 e. The largest absolute Gasteiger partial charge is 0.248 e. The molecule has 0 radical (unpaired) electrons. The highest BCUT2D eigenvalue weighted by atomic mass is 35.5. The molecule has 6 rings (SSSR count). The first-order chi connectivity index (χ1) is 18.1. The van der Waals surface area contributed by atoms with Crippen molar-refractivity contribution < 1.29 is 0 Å². The van der Waals surface area contributed by atoms with Gasteiger partial charge in [0, 0.05) is 20.6 Å². The van der Waals surface area contributed by atoms with Crippen LogP contribution >= 0.6 is 34.8 Å². The maximum Gasteiger partial charge on any atom is 0.0707 e. The fourth-order valence-electron chi connectivity index (χ4n) is 5.66. The quantitative estimate of drug-likeness (QED) is 0.251. The van der Waals surface area contributed by atoms with Crippen molar-refractivity contribution in [1.29, 1.82) is 0 Å². The van der Waals surface area contributed by atoms with E-state index < -0.39 is 0 Å². The number of aromatic nitrogens is 1. The van der Waals surface area contributed by atoms with E-state index in [9.17, 15) is 0 Å². The summed E-state index contributed by atoms with van der Waals surface area (Å²) in [5.74, 6) is 0. The summed E-state index contributed by atoms with van der Waals surface area (Å²) in [5, 5.41) is 2.29. The van der Waals surface area contributed by atoms with Crippen LogP contribution in [0, 0.1) is 0 Å². The van der Waals surface area contributed by atoms with Gasteiger partial charge in [-0.05, 0) is 108 Å². The zero-order chi connectivity index (χ0) is 25.4. The summed E-state index contributed by atoms with van der Waals surface area (Å²) in [7, 11) is 0. The fourth-order valence-corrected chi connectivity index (χ4v) is 6.27. The van der Waals surface area contributed by atoms with Crippen LogP contribution in [-0.4, -0.2) is 4.98 Å². The maximum absolute atomic E-state index is 6.83. The van der Waals surface area contributed by atoms with E-state index in [1.54, 1.807) is 0 Å². The summed E-state index contributed by atoms with van der Waals surface area (Å²) in [5.41, 5.74) is 11.6. The molecule has 3 aromatic carbocycles. The number of pyridine rings is 1. The van der Waals surface area contributed by atoms with Crippen molar-refractivity contribution in [1.82, 2.24) is 4.98 Å². The van der Waals surface area contributed by atoms with E-state index in [1.165, 1.54) is 27.8 Å². The molecule has 0 fully saturated rings. The summed E-state index contributed by atoms with van der Waals surface area (Å²) in [4.78, 5) is 5.42. The third-order valence-corrected chi connectivity index (χ3v) is 8.38. The first-order valence-corrected chi connectivity index (χ1v) is 13.9. The zero-order valence-corrected chi connectivity index (χ0v) is 22.7. The van der Waals surface area contributed by atoms with Gasteiger partial charge in [0.1, 0.15) is 0 Å². The molecule has 1 aromatic heterocycles. The smallest absolute Gasteiger partial charge is 0.0707 e. The van der Waals surface area contributed by atoms with Crippen molar-refractivity contribution in [2.75, 3.05) is 0 Å². The standard InChI is InChI=1S/C33H26Cl3N/c34-28-16-4-1-9-21(28)19-23-11-7-14-26-31(25-13-3-6-18-30(25)36)27-15-8-12-24(33(27)37-32(23)26)20-22-10-2-5-17-29(22)35/h1-6,9-10,13,16-20H,7-8,11-12,14-15H2/b23-19-,24-20+. The van der Waals surface area contributed by atoms with Gasteiger partial charge in [0.15, 0.2) is 0 Å². The minimum atomic E-state index is 0.755. The summed E-state index contributed by atoms with van der Waals surface area (Å²) in [6, 6.07) is 24.2. The molecule has 37 heavy (non-hydrogen) atoms. The molecule has 1 nitrogen and oxygen atoms in total. The van der Waals surface area contributed by atoms with Crippen LogP contribution in [0.4, 0.5) is 0 Å². The van der Waals surface area contributed by atoms with Crippen molar-refractivity contribution in [2.24, 2.45) is 0 Å². The Balaban J connectivity index is 1.63. The van der Waals surface area contributed by atoms with E-state index in [0.29, 0.717) is 0 Å². The van der Waals surface area contributed by atoms with E-state index in [-0.39, 0.29) is 0 Å². The van der Waals surface area contributed by atoms with Gasteiger partial charge in [0.05, 0.1) is 11.4 Å². The van der Waals surface area contributed by atoms with Crippen molar-refractivity contribution in [3.63, 3.8) is 0 Å². The van der Waals surface area contributed by atoms with Crippen LogP contribution in [0.25, 0.3) is 34.4 Å². The first-order valence-electron chi connectivity index (χ1n) is 12.8. The van der Waals surface area contributed by atoms with E-state index in [2.05, 4.69) is 36.4 Å². The molecule has 0 amide bonds. The maximum atomic E-state index is 6.83. The second-order valence-electron chi connectivity index (χ2n) is 9.71. The Labute approximate surface area is 233 Å². The summed E-state index contributed by atoms with van der Waals surface area (Å²) in [6.07, 6.45) is 10.5. The monoisotopic (exact) mass is 541 g/mol. The molecule has 0 aliphatic heterocycles. The lowest BCUT2D eigenvalue weighted by atomic mass is 9.78. The highest BCUT2D eigenvalue weighted by molar-refractivity contribution is 6.33. The van der Waals surface area contributed by atoms with Crippen LogP contribution in [-0.2, 0) is 12.8 Å². The van der Waals surface area contributed by atoms with Crippen LogP contribution in [0.15, 0.2) is 72.8 Å². The molecule has 0 bridgehead atoms. The number of hydrogen-bond acceptors (Lipinski definition) is 1. The van der Waals surface area contributed by atoms with Crippen LogP contribution < -0.4 is 0 Å². The van der Waals surface area contributed by atoms with Crippen LogP contribution in [0.1, 0.15) is 59.3 Å². The van der Waals surface area contributed by atoms with E-state index in [1.807, 2.05) is 48.5 Å². The predicted octanol–water partition coefficient (Wildman–Crippen LogP) is 10.5. The lowest BCUT2D eigenvalue weighted by molar-refractivity contribution is 0.778. The molecule has 0 unspecified atom stereocenters. The first kappa shape index (κ1) is 24.5. The lowest BCUT2D eigenvalue weighted by Gasteiger charge is -2.29. The molecule has 4 aromatic rings. The SMILES string of the molecule is Clc1ccccc1/C=C1/CCCc2c1nc1c(c2-c2ccccc2Cl)CCC/C1=C\c1ccccc1Cl. The molecular formula is C33H26Cl3N. The van der Waals surface area contributed by atoms with Gasteiger partial charge in [-0.2, -0.15) is 0 Å². The van der Waals surface area contributed by atoms with Gasteiger partial charge < -0.3 is 0 Å². The van der Waals surface area contributed by atoms with Gasteiger partial charge in [-0.25, -0.2) is 4.98 Å². The van der Waals surface area contributed by atoms with Gasteiger partial charge >= 0.3 is 0 Å². The van der Waals surface area contributed by atoms with Crippen molar-refractivity contribution >= 4 is 58.1 Å². The molecule has 2 aliphatic rings. The van der Waals surface area contributed by atoms with Gasteiger partial charge in [-0.1, -0.05) is 89.4 Å². The number of nitrogens with zero attached hydrogens (tertiary/aromatic N) is 1. The zero-order valence-electron chi connectivity index (χ0n) is 20.4. The predicted molar refractivity (Wildman–Crippen MR) is 159 cm³/mol. The molecule has 0 saturated heterocycles. The third-order valence-electron chi connectivity index (χ3n) is 7.37. The number of benzene rings is 3. The van der Waals surface area contributed by atoms with Gasteiger partial charge in [-0.15, -0.1) is 0 Å². The molecule has 4 heteroatoms. The number of halogens is 3. The molecule has 0 atom stereocenters. The Morgan fingerprint density at radius 2 is 1.00 bits per heavy atom. The molecule has 2 aliphatic carbocycles. The lowest BCUT2D eigenvalue weighted by Crippen LogP contribution is -2.15. The molecular weight excluding hydrogens is 517 g/mol. The van der Waals surface area contributed by atoms with Crippen molar-refractivity contribution in [3.8, 4) is 11.1 Å². The van der Waals surface area contributed by atoms with Crippen molar-refractivity contribution in [2.45, 2.75) is 38.5 Å². The molecule has 0 spiro atoms. The molecule has 1 heterocycles. The normalized spacial score (nSPS) is 17.1. The highest BCUT2D eigenvalue weighted by Gasteiger charge is 2.29. The Bertz CT molecular complexity index is 1470. The summed E-state index contributed by atoms with van der Waals surface area (Å²) >= 11 is 19.9. The van der Waals surface area contributed by atoms with Crippen molar-refractivity contribution in [3.05, 3.63) is 122 Å². The number of allylic oxidation sites excluding steroid dienone is 2. The topological polar surface area (TPSA) is 12.9 Å². The number of fused-ring (bicyclic) bond motifs is 2. The van der Waals surface area contributed by atoms with E-state index >= 15 is 0 Å². The van der Waals surface area contributed by atoms with E-state index in [4.69, 9.17) is 39.8 Å². The molecule has 0 N–H and O–H groups in total.